The second-order valence-corrected chi connectivity index (χ2v) is 9.13. The molecule has 0 aromatic heterocycles. The second-order valence-electron chi connectivity index (χ2n) is 9.13. The molecule has 1 aliphatic heterocycles. The lowest BCUT2D eigenvalue weighted by atomic mass is 9.78. The average molecular weight is 399 g/mol. The fourth-order valence-corrected chi connectivity index (χ4v) is 4.23. The number of hydrogen-bond acceptors (Lipinski definition) is 2. The van der Waals surface area contributed by atoms with Gasteiger partial charge in [0.2, 0.25) is 0 Å². The molecule has 0 aliphatic carbocycles. The minimum Gasteiger partial charge on any atom is -0.465 e. The largest absolute Gasteiger partial charge is 0.465 e. The quantitative estimate of drug-likeness (QED) is 0.719. The Morgan fingerprint density at radius 1 is 1.14 bits per heavy atom. The van der Waals surface area contributed by atoms with Crippen molar-refractivity contribution in [3.8, 4) is 0 Å². The van der Waals surface area contributed by atoms with E-state index in [9.17, 15) is 14.3 Å². The van der Waals surface area contributed by atoms with E-state index < -0.39 is 6.09 Å². The van der Waals surface area contributed by atoms with Crippen molar-refractivity contribution in [2.45, 2.75) is 59.2 Å². The summed E-state index contributed by atoms with van der Waals surface area (Å²) < 4.78 is 13.5. The van der Waals surface area contributed by atoms with Crippen molar-refractivity contribution in [1.29, 1.82) is 0 Å². The molecule has 1 heterocycles. The zero-order valence-electron chi connectivity index (χ0n) is 17.7. The summed E-state index contributed by atoms with van der Waals surface area (Å²) in [7, 11) is 0. The van der Waals surface area contributed by atoms with Crippen molar-refractivity contribution < 1.29 is 14.3 Å². The second kappa shape index (κ2) is 8.44. The number of piperidine rings is 1. The molecule has 2 aromatic rings. The van der Waals surface area contributed by atoms with Crippen LogP contribution in [0.2, 0.25) is 0 Å². The Morgan fingerprint density at radius 2 is 1.76 bits per heavy atom. The SMILES string of the molecule is Cc1ccc(CN(c2ccc(F)cc2)C2CCN(C(=O)O)C(C(C)(C)C)C2)cc1. The van der Waals surface area contributed by atoms with Gasteiger partial charge in [0.1, 0.15) is 5.82 Å². The summed E-state index contributed by atoms with van der Waals surface area (Å²) in [6.45, 7) is 9.57. The van der Waals surface area contributed by atoms with E-state index in [1.54, 1.807) is 4.90 Å². The highest BCUT2D eigenvalue weighted by Crippen LogP contribution is 2.36. The van der Waals surface area contributed by atoms with Gasteiger partial charge in [0.15, 0.2) is 0 Å². The number of carbonyl (C=O) groups is 1. The molecule has 0 spiro atoms. The first kappa shape index (κ1) is 21.2. The first-order chi connectivity index (χ1) is 13.6. The lowest BCUT2D eigenvalue weighted by Gasteiger charge is -2.48. The van der Waals surface area contributed by atoms with Crippen LogP contribution in [0.1, 0.15) is 44.7 Å². The standard InChI is InChI=1S/C24H31FN2O2/c1-17-5-7-18(8-6-17)16-27(20-11-9-19(25)10-12-20)21-13-14-26(23(28)29)22(15-21)24(2,3)4/h5-12,21-22H,13-16H2,1-4H3,(H,28,29). The summed E-state index contributed by atoms with van der Waals surface area (Å²) in [6.07, 6.45) is 0.650. The van der Waals surface area contributed by atoms with Gasteiger partial charge < -0.3 is 14.9 Å². The highest BCUT2D eigenvalue weighted by molar-refractivity contribution is 5.66. The molecule has 2 unspecified atom stereocenters. The number of carboxylic acid groups (broad SMARTS) is 1. The van der Waals surface area contributed by atoms with Gasteiger partial charge in [-0.05, 0) is 55.0 Å². The molecule has 156 valence electrons. The number of halogens is 1. The van der Waals surface area contributed by atoms with E-state index in [1.165, 1.54) is 23.3 Å². The third kappa shape index (κ3) is 5.08. The highest BCUT2D eigenvalue weighted by Gasteiger charge is 2.40. The van der Waals surface area contributed by atoms with Crippen LogP contribution >= 0.6 is 0 Å². The van der Waals surface area contributed by atoms with Crippen LogP contribution in [-0.4, -0.2) is 34.7 Å². The molecule has 2 aromatic carbocycles. The Hall–Kier alpha value is -2.56. The molecular weight excluding hydrogens is 367 g/mol. The van der Waals surface area contributed by atoms with Gasteiger partial charge in [0.05, 0.1) is 0 Å². The molecular formula is C24H31FN2O2. The van der Waals surface area contributed by atoms with Gasteiger partial charge in [-0.25, -0.2) is 9.18 Å². The number of aryl methyl sites for hydroxylation is 1. The molecule has 3 rings (SSSR count). The number of likely N-dealkylation sites (tertiary alicyclic amines) is 1. The van der Waals surface area contributed by atoms with Crippen LogP contribution < -0.4 is 4.90 Å². The van der Waals surface area contributed by atoms with Gasteiger partial charge >= 0.3 is 6.09 Å². The molecule has 0 saturated carbocycles. The van der Waals surface area contributed by atoms with Crippen LogP contribution in [0.25, 0.3) is 0 Å². The first-order valence-corrected chi connectivity index (χ1v) is 10.2. The van der Waals surface area contributed by atoms with E-state index in [0.29, 0.717) is 13.1 Å². The van der Waals surface area contributed by atoms with Crippen molar-refractivity contribution >= 4 is 11.8 Å². The maximum Gasteiger partial charge on any atom is 0.407 e. The van der Waals surface area contributed by atoms with E-state index in [1.807, 2.05) is 12.1 Å². The summed E-state index contributed by atoms with van der Waals surface area (Å²) in [5, 5.41) is 9.68. The van der Waals surface area contributed by atoms with Crippen molar-refractivity contribution in [3.63, 3.8) is 0 Å². The number of benzene rings is 2. The number of rotatable bonds is 4. The normalized spacial score (nSPS) is 19.8. The van der Waals surface area contributed by atoms with Crippen molar-refractivity contribution in [1.82, 2.24) is 4.90 Å². The van der Waals surface area contributed by atoms with Gasteiger partial charge in [0, 0.05) is 30.9 Å². The van der Waals surface area contributed by atoms with Crippen LogP contribution in [0.4, 0.5) is 14.9 Å². The topological polar surface area (TPSA) is 43.8 Å². The Morgan fingerprint density at radius 3 is 2.31 bits per heavy atom. The Bertz CT molecular complexity index is 827. The molecule has 29 heavy (non-hydrogen) atoms. The Kier molecular flexibility index (Phi) is 6.15. The number of anilines is 1. The molecule has 0 radical (unpaired) electrons. The fraction of sp³-hybridized carbons (Fsp3) is 0.458. The first-order valence-electron chi connectivity index (χ1n) is 10.2. The zero-order valence-corrected chi connectivity index (χ0v) is 17.7. The van der Waals surface area contributed by atoms with Gasteiger partial charge in [-0.1, -0.05) is 50.6 Å². The summed E-state index contributed by atoms with van der Waals surface area (Å²) in [6, 6.07) is 15.2. The highest BCUT2D eigenvalue weighted by atomic mass is 19.1. The molecule has 1 N–H and O–H groups in total. The van der Waals surface area contributed by atoms with Crippen molar-refractivity contribution in [2.75, 3.05) is 11.4 Å². The lowest BCUT2D eigenvalue weighted by molar-refractivity contribution is 0.0520. The minimum absolute atomic E-state index is 0.0697. The third-order valence-electron chi connectivity index (χ3n) is 5.89. The van der Waals surface area contributed by atoms with Gasteiger partial charge in [-0.2, -0.15) is 0 Å². The summed E-state index contributed by atoms with van der Waals surface area (Å²) in [5.41, 5.74) is 3.21. The Labute approximate surface area is 173 Å². The molecule has 0 bridgehead atoms. The van der Waals surface area contributed by atoms with Crippen molar-refractivity contribution in [2.24, 2.45) is 5.41 Å². The summed E-state index contributed by atoms with van der Waals surface area (Å²) in [4.78, 5) is 15.7. The molecule has 4 nitrogen and oxygen atoms in total. The van der Waals surface area contributed by atoms with E-state index >= 15 is 0 Å². The Balaban J connectivity index is 1.91. The number of amides is 1. The molecule has 1 aliphatic rings. The average Bonchev–Trinajstić information content (AvgIpc) is 2.67. The molecule has 1 amide bonds. The van der Waals surface area contributed by atoms with E-state index in [4.69, 9.17) is 0 Å². The van der Waals surface area contributed by atoms with E-state index in [0.717, 1.165) is 18.5 Å². The predicted molar refractivity (Wildman–Crippen MR) is 115 cm³/mol. The van der Waals surface area contributed by atoms with Gasteiger partial charge in [-0.15, -0.1) is 0 Å². The predicted octanol–water partition coefficient (Wildman–Crippen LogP) is 5.70. The van der Waals surface area contributed by atoms with Crippen LogP contribution in [0.5, 0.6) is 0 Å². The monoisotopic (exact) mass is 398 g/mol. The number of nitrogens with zero attached hydrogens (tertiary/aromatic N) is 2. The molecule has 2 atom stereocenters. The number of hydrogen-bond donors (Lipinski definition) is 1. The van der Waals surface area contributed by atoms with Crippen LogP contribution in [0.15, 0.2) is 48.5 Å². The van der Waals surface area contributed by atoms with Crippen molar-refractivity contribution in [3.05, 3.63) is 65.5 Å². The third-order valence-corrected chi connectivity index (χ3v) is 5.89. The maximum absolute atomic E-state index is 13.5. The van der Waals surface area contributed by atoms with Crippen LogP contribution in [0.3, 0.4) is 0 Å². The van der Waals surface area contributed by atoms with Crippen LogP contribution in [0, 0.1) is 18.2 Å². The summed E-state index contributed by atoms with van der Waals surface area (Å²) >= 11 is 0. The molecule has 1 saturated heterocycles. The van der Waals surface area contributed by atoms with E-state index in [-0.39, 0.29) is 23.3 Å². The molecule has 1 fully saturated rings. The van der Waals surface area contributed by atoms with E-state index in [2.05, 4.69) is 56.9 Å². The summed E-state index contributed by atoms with van der Waals surface area (Å²) in [5.74, 6) is -0.252. The lowest BCUT2D eigenvalue weighted by Crippen LogP contribution is -2.56. The molecule has 5 heteroatoms. The maximum atomic E-state index is 13.5. The van der Waals surface area contributed by atoms with Crippen LogP contribution in [-0.2, 0) is 6.54 Å². The minimum atomic E-state index is -0.852. The fourth-order valence-electron chi connectivity index (χ4n) is 4.23. The van der Waals surface area contributed by atoms with Gasteiger partial charge in [-0.3, -0.25) is 0 Å². The van der Waals surface area contributed by atoms with Gasteiger partial charge in [0.25, 0.3) is 0 Å². The smallest absolute Gasteiger partial charge is 0.407 e. The zero-order chi connectivity index (χ0) is 21.2.